The average Bonchev–Trinajstić information content (AvgIpc) is 2.58. The monoisotopic (exact) mass is 244 g/mol. The number of hydrogen-bond acceptors (Lipinski definition) is 4. The van der Waals surface area contributed by atoms with Crippen LogP contribution in [0.5, 0.6) is 0 Å². The minimum Gasteiger partial charge on any atom is -0.480 e. The molecule has 0 bridgehead atoms. The molecule has 1 aliphatic carbocycles. The van der Waals surface area contributed by atoms with Gasteiger partial charge in [0.2, 0.25) is 0 Å². The third kappa shape index (κ3) is 2.36. The lowest BCUT2D eigenvalue weighted by Gasteiger charge is -2.12. The minimum atomic E-state index is -1.05. The van der Waals surface area contributed by atoms with Gasteiger partial charge in [-0.3, -0.25) is 4.79 Å². The van der Waals surface area contributed by atoms with Gasteiger partial charge in [0.1, 0.15) is 11.8 Å². The van der Waals surface area contributed by atoms with E-state index in [2.05, 4.69) is 4.98 Å². The molecule has 0 aliphatic heterocycles. The first-order valence-electron chi connectivity index (χ1n) is 5.16. The van der Waals surface area contributed by atoms with Gasteiger partial charge in [-0.1, -0.05) is 0 Å². The Kier molecular flexibility index (Phi) is 3.16. The van der Waals surface area contributed by atoms with E-state index >= 15 is 0 Å². The summed E-state index contributed by atoms with van der Waals surface area (Å²) in [4.78, 5) is 14.8. The molecule has 0 radical (unpaired) electrons. The Hall–Kier alpha value is -1.07. The Morgan fingerprint density at radius 2 is 2.50 bits per heavy atom. The second-order valence-corrected chi connectivity index (χ2v) is 4.58. The zero-order valence-corrected chi connectivity index (χ0v) is 9.41. The van der Waals surface area contributed by atoms with Crippen molar-refractivity contribution in [2.24, 2.45) is 5.73 Å². The predicted octanol–water partition coefficient (Wildman–Crippen LogP) is 0.725. The van der Waals surface area contributed by atoms with E-state index in [0.29, 0.717) is 12.3 Å². The number of nitrogens with two attached hydrogens (primary N) is 1. The number of aromatic nitrogens is 1. The number of hydrogen-bond donors (Lipinski definition) is 2. The number of oxazole rings is 1. The molecule has 1 aliphatic rings. The van der Waals surface area contributed by atoms with Gasteiger partial charge in [0.25, 0.3) is 0 Å². The molecule has 2 rings (SSSR count). The van der Waals surface area contributed by atoms with Gasteiger partial charge in [-0.05, 0) is 6.42 Å². The summed E-state index contributed by atoms with van der Waals surface area (Å²) in [5.74, 6) is 0.168. The molecule has 16 heavy (non-hydrogen) atoms. The molecule has 5 nitrogen and oxygen atoms in total. The highest BCUT2D eigenvalue weighted by Gasteiger charge is 2.24. The normalized spacial score (nSPS) is 21.5. The van der Waals surface area contributed by atoms with Crippen molar-refractivity contribution in [3.8, 4) is 0 Å². The van der Waals surface area contributed by atoms with Crippen molar-refractivity contribution in [3.63, 3.8) is 0 Å². The average molecular weight is 245 g/mol. The highest BCUT2D eigenvalue weighted by atomic mass is 35.5. The number of aryl methyl sites for hydroxylation is 1. The lowest BCUT2D eigenvalue weighted by Crippen LogP contribution is -2.32. The molecule has 88 valence electrons. The van der Waals surface area contributed by atoms with Crippen LogP contribution in [-0.2, 0) is 24.1 Å². The lowest BCUT2D eigenvalue weighted by molar-refractivity contribution is -0.138. The van der Waals surface area contributed by atoms with Gasteiger partial charge in [-0.25, -0.2) is 4.98 Å². The van der Waals surface area contributed by atoms with Crippen molar-refractivity contribution in [1.29, 1.82) is 0 Å². The SMILES string of the molecule is N[C@@H](Cc1nc2c(o1)CCC(Cl)C2)C(=O)O. The first-order valence-corrected chi connectivity index (χ1v) is 5.60. The Morgan fingerprint density at radius 3 is 3.19 bits per heavy atom. The quantitative estimate of drug-likeness (QED) is 0.765. The maximum Gasteiger partial charge on any atom is 0.321 e. The van der Waals surface area contributed by atoms with Crippen molar-refractivity contribution >= 4 is 17.6 Å². The standard InChI is InChI=1S/C10H13ClN2O3/c11-5-1-2-8-7(3-5)13-9(16-8)4-6(12)10(14)15/h5-6H,1-4,12H2,(H,14,15)/t5?,6-/m0/s1. The summed E-state index contributed by atoms with van der Waals surface area (Å²) in [7, 11) is 0. The number of alkyl halides is 1. The topological polar surface area (TPSA) is 89.4 Å². The van der Waals surface area contributed by atoms with Crippen LogP contribution in [0.1, 0.15) is 23.8 Å². The molecule has 1 aromatic rings. The number of rotatable bonds is 3. The first-order chi connectivity index (χ1) is 7.56. The van der Waals surface area contributed by atoms with Gasteiger partial charge in [-0.2, -0.15) is 0 Å². The number of carbonyl (C=O) groups is 1. The van der Waals surface area contributed by atoms with Gasteiger partial charge in [0, 0.05) is 18.2 Å². The summed E-state index contributed by atoms with van der Waals surface area (Å²) in [6, 6.07) is -0.966. The molecule has 0 aromatic carbocycles. The summed E-state index contributed by atoms with van der Waals surface area (Å²) in [5, 5.41) is 8.77. The fraction of sp³-hybridized carbons (Fsp3) is 0.600. The van der Waals surface area contributed by atoms with Crippen LogP contribution in [0, 0.1) is 0 Å². The fourth-order valence-electron chi connectivity index (χ4n) is 1.75. The van der Waals surface area contributed by atoms with Crippen LogP contribution in [0.3, 0.4) is 0 Å². The number of carboxylic acids is 1. The first kappa shape index (κ1) is 11.4. The molecular formula is C10H13ClN2O3. The van der Waals surface area contributed by atoms with Gasteiger partial charge in [0.05, 0.1) is 12.1 Å². The van der Waals surface area contributed by atoms with Gasteiger partial charge in [-0.15, -0.1) is 11.6 Å². The minimum absolute atomic E-state index is 0.0959. The summed E-state index contributed by atoms with van der Waals surface area (Å²) in [6.07, 6.45) is 2.44. The van der Waals surface area contributed by atoms with E-state index < -0.39 is 12.0 Å². The Bertz CT molecular complexity index is 405. The van der Waals surface area contributed by atoms with E-state index in [9.17, 15) is 4.79 Å². The van der Waals surface area contributed by atoms with Crippen LogP contribution in [0.2, 0.25) is 0 Å². The number of nitrogens with zero attached hydrogens (tertiary/aromatic N) is 1. The number of aliphatic carboxylic acids is 1. The molecule has 0 spiro atoms. The second kappa shape index (κ2) is 4.43. The predicted molar refractivity (Wildman–Crippen MR) is 57.5 cm³/mol. The van der Waals surface area contributed by atoms with Crippen LogP contribution < -0.4 is 5.73 Å². The van der Waals surface area contributed by atoms with E-state index in [1.165, 1.54) is 0 Å². The molecular weight excluding hydrogens is 232 g/mol. The number of fused-ring (bicyclic) bond motifs is 1. The molecule has 0 saturated heterocycles. The summed E-state index contributed by atoms with van der Waals surface area (Å²) in [6.45, 7) is 0. The number of halogens is 1. The van der Waals surface area contributed by atoms with E-state index in [0.717, 1.165) is 24.3 Å². The molecule has 2 atom stereocenters. The molecule has 1 aromatic heterocycles. The third-order valence-corrected chi connectivity index (χ3v) is 3.01. The van der Waals surface area contributed by atoms with Crippen LogP contribution in [0.25, 0.3) is 0 Å². The van der Waals surface area contributed by atoms with Crippen molar-refractivity contribution < 1.29 is 14.3 Å². The van der Waals surface area contributed by atoms with Crippen molar-refractivity contribution in [2.45, 2.75) is 37.1 Å². The number of carboxylic acid groups (broad SMARTS) is 1. The molecule has 6 heteroatoms. The van der Waals surface area contributed by atoms with E-state index in [1.807, 2.05) is 0 Å². The molecule has 1 unspecified atom stereocenters. The smallest absolute Gasteiger partial charge is 0.321 e. The third-order valence-electron chi connectivity index (χ3n) is 2.63. The van der Waals surface area contributed by atoms with Crippen LogP contribution in [-0.4, -0.2) is 27.5 Å². The van der Waals surface area contributed by atoms with Gasteiger partial charge in [0.15, 0.2) is 5.89 Å². The van der Waals surface area contributed by atoms with Crippen molar-refractivity contribution in [1.82, 2.24) is 4.98 Å². The maximum atomic E-state index is 10.6. The summed E-state index contributed by atoms with van der Waals surface area (Å²) in [5.41, 5.74) is 6.25. The maximum absolute atomic E-state index is 10.6. The van der Waals surface area contributed by atoms with Crippen LogP contribution in [0.15, 0.2) is 4.42 Å². The summed E-state index contributed by atoms with van der Waals surface area (Å²) >= 11 is 6.01. The zero-order chi connectivity index (χ0) is 11.7. The van der Waals surface area contributed by atoms with Crippen LogP contribution in [0.4, 0.5) is 0 Å². The Balaban J connectivity index is 2.10. The zero-order valence-electron chi connectivity index (χ0n) is 8.65. The van der Waals surface area contributed by atoms with E-state index in [4.69, 9.17) is 26.9 Å². The van der Waals surface area contributed by atoms with Gasteiger partial charge < -0.3 is 15.3 Å². The Morgan fingerprint density at radius 1 is 1.75 bits per heavy atom. The Labute approximate surface area is 97.6 Å². The second-order valence-electron chi connectivity index (χ2n) is 3.97. The molecule has 0 amide bonds. The lowest BCUT2D eigenvalue weighted by atomic mass is 10.0. The highest BCUT2D eigenvalue weighted by Crippen LogP contribution is 2.25. The van der Waals surface area contributed by atoms with Crippen molar-refractivity contribution in [2.75, 3.05) is 0 Å². The van der Waals surface area contributed by atoms with E-state index in [1.54, 1.807) is 0 Å². The van der Waals surface area contributed by atoms with Crippen LogP contribution >= 0.6 is 11.6 Å². The largest absolute Gasteiger partial charge is 0.480 e. The molecule has 1 heterocycles. The van der Waals surface area contributed by atoms with Crippen molar-refractivity contribution in [3.05, 3.63) is 17.3 Å². The molecule has 0 fully saturated rings. The van der Waals surface area contributed by atoms with Gasteiger partial charge >= 0.3 is 5.97 Å². The fourth-order valence-corrected chi connectivity index (χ4v) is 2.01. The molecule has 0 saturated carbocycles. The summed E-state index contributed by atoms with van der Waals surface area (Å²) < 4.78 is 5.46. The van der Waals surface area contributed by atoms with E-state index in [-0.39, 0.29) is 11.8 Å². The highest BCUT2D eigenvalue weighted by molar-refractivity contribution is 6.20. The molecule has 3 N–H and O–H groups in total.